The molecule has 0 bridgehead atoms. The summed E-state index contributed by atoms with van der Waals surface area (Å²) >= 11 is 5.97. The van der Waals surface area contributed by atoms with Gasteiger partial charge in [0.05, 0.1) is 39.2 Å². The molecule has 0 aliphatic carbocycles. The first-order valence-electron chi connectivity index (χ1n) is 7.16. The van der Waals surface area contributed by atoms with Crippen LogP contribution in [0.3, 0.4) is 0 Å². The number of carbonyl (C=O) groups excluding carboxylic acids is 1. The maximum absolute atomic E-state index is 12.2. The minimum absolute atomic E-state index is 0.0388. The summed E-state index contributed by atoms with van der Waals surface area (Å²) in [6.45, 7) is 0.0388. The van der Waals surface area contributed by atoms with Crippen LogP contribution < -0.4 is 24.8 Å². The fourth-order valence-electron chi connectivity index (χ4n) is 2.10. The SMILES string of the molecule is COc1ccc(OC)c(NC(=O)CNc2cc(Cl)ccc2OC)c1. The number of methoxy groups -OCH3 is 3. The van der Waals surface area contributed by atoms with Crippen molar-refractivity contribution in [1.82, 2.24) is 0 Å². The lowest BCUT2D eigenvalue weighted by Gasteiger charge is -2.14. The number of carbonyl (C=O) groups is 1. The average Bonchev–Trinajstić information content (AvgIpc) is 2.60. The van der Waals surface area contributed by atoms with E-state index in [0.717, 1.165) is 0 Å². The van der Waals surface area contributed by atoms with Crippen molar-refractivity contribution in [2.75, 3.05) is 38.5 Å². The van der Waals surface area contributed by atoms with Gasteiger partial charge in [-0.15, -0.1) is 0 Å². The Hall–Kier alpha value is -2.60. The molecule has 7 heteroatoms. The third kappa shape index (κ3) is 4.45. The molecule has 2 aromatic rings. The fraction of sp³-hybridized carbons (Fsp3) is 0.235. The Morgan fingerprint density at radius 2 is 1.62 bits per heavy atom. The summed E-state index contributed by atoms with van der Waals surface area (Å²) in [4.78, 5) is 12.2. The maximum atomic E-state index is 12.2. The Morgan fingerprint density at radius 3 is 2.29 bits per heavy atom. The third-order valence-electron chi connectivity index (χ3n) is 3.28. The van der Waals surface area contributed by atoms with Crippen LogP contribution in [0, 0.1) is 0 Å². The molecule has 0 aromatic heterocycles. The zero-order chi connectivity index (χ0) is 17.5. The van der Waals surface area contributed by atoms with Gasteiger partial charge in [-0.2, -0.15) is 0 Å². The van der Waals surface area contributed by atoms with Crippen LogP contribution in [0.2, 0.25) is 5.02 Å². The summed E-state index contributed by atoms with van der Waals surface area (Å²) in [5, 5.41) is 6.33. The molecule has 128 valence electrons. The van der Waals surface area contributed by atoms with Crippen molar-refractivity contribution in [1.29, 1.82) is 0 Å². The highest BCUT2D eigenvalue weighted by atomic mass is 35.5. The van der Waals surface area contributed by atoms with Crippen molar-refractivity contribution in [3.63, 3.8) is 0 Å². The van der Waals surface area contributed by atoms with Gasteiger partial charge in [-0.3, -0.25) is 4.79 Å². The zero-order valence-corrected chi connectivity index (χ0v) is 14.4. The smallest absolute Gasteiger partial charge is 0.243 e. The van der Waals surface area contributed by atoms with Gasteiger partial charge in [-0.1, -0.05) is 11.6 Å². The highest BCUT2D eigenvalue weighted by molar-refractivity contribution is 6.30. The van der Waals surface area contributed by atoms with Crippen LogP contribution in [-0.4, -0.2) is 33.8 Å². The number of halogens is 1. The molecule has 0 aliphatic heterocycles. The van der Waals surface area contributed by atoms with Gasteiger partial charge >= 0.3 is 0 Å². The summed E-state index contributed by atoms with van der Waals surface area (Å²) in [6.07, 6.45) is 0. The van der Waals surface area contributed by atoms with Crippen LogP contribution in [0.4, 0.5) is 11.4 Å². The van der Waals surface area contributed by atoms with Gasteiger partial charge in [-0.05, 0) is 30.3 Å². The number of nitrogens with one attached hydrogen (secondary N) is 2. The van der Waals surface area contributed by atoms with Gasteiger partial charge in [0.2, 0.25) is 5.91 Å². The van der Waals surface area contributed by atoms with E-state index in [1.165, 1.54) is 7.11 Å². The first-order valence-corrected chi connectivity index (χ1v) is 7.54. The summed E-state index contributed by atoms with van der Waals surface area (Å²) < 4.78 is 15.6. The van der Waals surface area contributed by atoms with Crippen molar-refractivity contribution < 1.29 is 19.0 Å². The first-order chi connectivity index (χ1) is 11.6. The lowest BCUT2D eigenvalue weighted by molar-refractivity contribution is -0.114. The lowest BCUT2D eigenvalue weighted by atomic mass is 10.2. The second-order valence-electron chi connectivity index (χ2n) is 4.81. The standard InChI is InChI=1S/C17H19ClN2O4/c1-22-12-5-7-16(24-3)14(9-12)20-17(21)10-19-13-8-11(18)4-6-15(13)23-2/h4-9,19H,10H2,1-3H3,(H,20,21). The van der Waals surface area contributed by atoms with Gasteiger partial charge in [0.1, 0.15) is 17.2 Å². The van der Waals surface area contributed by atoms with Crippen LogP contribution in [-0.2, 0) is 4.79 Å². The number of amides is 1. The second-order valence-corrected chi connectivity index (χ2v) is 5.25. The van der Waals surface area contributed by atoms with E-state index in [2.05, 4.69) is 10.6 Å². The van der Waals surface area contributed by atoms with Crippen LogP contribution in [0.5, 0.6) is 17.2 Å². The molecule has 0 radical (unpaired) electrons. The fourth-order valence-corrected chi connectivity index (χ4v) is 2.27. The Kier molecular flexibility index (Phi) is 6.14. The molecule has 0 unspecified atom stereocenters. The Bertz CT molecular complexity index is 722. The lowest BCUT2D eigenvalue weighted by Crippen LogP contribution is -2.22. The molecule has 0 spiro atoms. The molecule has 0 aliphatic rings. The Labute approximate surface area is 145 Å². The van der Waals surface area contributed by atoms with E-state index >= 15 is 0 Å². The molecule has 2 N–H and O–H groups in total. The zero-order valence-electron chi connectivity index (χ0n) is 13.7. The van der Waals surface area contributed by atoms with Crippen LogP contribution >= 0.6 is 11.6 Å². The van der Waals surface area contributed by atoms with Crippen molar-refractivity contribution in [2.24, 2.45) is 0 Å². The largest absolute Gasteiger partial charge is 0.497 e. The number of benzene rings is 2. The minimum Gasteiger partial charge on any atom is -0.497 e. The third-order valence-corrected chi connectivity index (χ3v) is 3.52. The first kappa shape index (κ1) is 17.7. The molecular weight excluding hydrogens is 332 g/mol. The molecule has 6 nitrogen and oxygen atoms in total. The quantitative estimate of drug-likeness (QED) is 0.800. The van der Waals surface area contributed by atoms with E-state index in [1.807, 2.05) is 0 Å². The normalized spacial score (nSPS) is 10.0. The van der Waals surface area contributed by atoms with Crippen molar-refractivity contribution >= 4 is 28.9 Å². The average molecular weight is 351 g/mol. The topological polar surface area (TPSA) is 68.8 Å². The summed E-state index contributed by atoms with van der Waals surface area (Å²) in [6, 6.07) is 10.3. The molecule has 0 saturated heterocycles. The van der Waals surface area contributed by atoms with E-state index < -0.39 is 0 Å². The van der Waals surface area contributed by atoms with Crippen LogP contribution in [0.1, 0.15) is 0 Å². The van der Waals surface area contributed by atoms with Gasteiger partial charge in [0, 0.05) is 11.1 Å². The van der Waals surface area contributed by atoms with E-state index in [1.54, 1.807) is 50.6 Å². The molecule has 0 saturated carbocycles. The number of anilines is 2. The minimum atomic E-state index is -0.247. The van der Waals surface area contributed by atoms with Gasteiger partial charge in [0.25, 0.3) is 0 Å². The predicted molar refractivity (Wildman–Crippen MR) is 94.7 cm³/mol. The monoisotopic (exact) mass is 350 g/mol. The van der Waals surface area contributed by atoms with Crippen molar-refractivity contribution in [3.8, 4) is 17.2 Å². The van der Waals surface area contributed by atoms with Gasteiger partial charge in [0.15, 0.2) is 0 Å². The van der Waals surface area contributed by atoms with E-state index in [-0.39, 0.29) is 12.5 Å². The summed E-state index contributed by atoms with van der Waals surface area (Å²) in [7, 11) is 4.64. The molecular formula is C17H19ClN2O4. The van der Waals surface area contributed by atoms with Crippen molar-refractivity contribution in [2.45, 2.75) is 0 Å². The molecule has 2 rings (SSSR count). The highest BCUT2D eigenvalue weighted by Gasteiger charge is 2.10. The van der Waals surface area contributed by atoms with E-state index in [9.17, 15) is 4.79 Å². The van der Waals surface area contributed by atoms with Crippen molar-refractivity contribution in [3.05, 3.63) is 41.4 Å². The second kappa shape index (κ2) is 8.31. The predicted octanol–water partition coefficient (Wildman–Crippen LogP) is 3.42. The van der Waals surface area contributed by atoms with Crippen LogP contribution in [0.15, 0.2) is 36.4 Å². The van der Waals surface area contributed by atoms with Gasteiger partial charge < -0.3 is 24.8 Å². The number of rotatable bonds is 7. The van der Waals surface area contributed by atoms with Crippen LogP contribution in [0.25, 0.3) is 0 Å². The number of hydrogen-bond donors (Lipinski definition) is 2. The Morgan fingerprint density at radius 1 is 0.958 bits per heavy atom. The van der Waals surface area contributed by atoms with Gasteiger partial charge in [-0.25, -0.2) is 0 Å². The molecule has 0 fully saturated rings. The maximum Gasteiger partial charge on any atom is 0.243 e. The molecule has 0 heterocycles. The molecule has 2 aromatic carbocycles. The Balaban J connectivity index is 2.05. The summed E-state index contributed by atoms with van der Waals surface area (Å²) in [5.74, 6) is 1.52. The number of hydrogen-bond acceptors (Lipinski definition) is 5. The summed E-state index contributed by atoms with van der Waals surface area (Å²) in [5.41, 5.74) is 1.17. The highest BCUT2D eigenvalue weighted by Crippen LogP contribution is 2.29. The molecule has 0 atom stereocenters. The molecule has 1 amide bonds. The number of ether oxygens (including phenoxy) is 3. The van der Waals surface area contributed by atoms with E-state index in [0.29, 0.717) is 33.6 Å². The molecule has 24 heavy (non-hydrogen) atoms. The van der Waals surface area contributed by atoms with E-state index in [4.69, 9.17) is 25.8 Å².